The molecule has 0 aliphatic carbocycles. The first kappa shape index (κ1) is 16.1. The highest BCUT2D eigenvalue weighted by molar-refractivity contribution is 7.80. The second-order valence-corrected chi connectivity index (χ2v) is 5.19. The molecule has 0 heterocycles. The predicted molar refractivity (Wildman–Crippen MR) is 89.1 cm³/mol. The van der Waals surface area contributed by atoms with Gasteiger partial charge in [-0.1, -0.05) is 49.4 Å². The molecule has 2 rings (SSSR count). The Kier molecular flexibility index (Phi) is 5.61. The minimum absolute atomic E-state index is 0.00498. The van der Waals surface area contributed by atoms with Gasteiger partial charge >= 0.3 is 0 Å². The number of rotatable bonds is 4. The van der Waals surface area contributed by atoms with Crippen molar-refractivity contribution in [3.63, 3.8) is 0 Å². The fourth-order valence-electron chi connectivity index (χ4n) is 2.12. The molecule has 0 aliphatic rings. The van der Waals surface area contributed by atoms with Crippen LogP contribution in [0, 0.1) is 5.82 Å². The Morgan fingerprint density at radius 3 is 2.41 bits per heavy atom. The van der Waals surface area contributed by atoms with Crippen molar-refractivity contribution in [1.82, 2.24) is 10.6 Å². The molecule has 1 atom stereocenters. The maximum absolute atomic E-state index is 13.6. The van der Waals surface area contributed by atoms with Crippen LogP contribution in [0.3, 0.4) is 0 Å². The zero-order chi connectivity index (χ0) is 15.9. The summed E-state index contributed by atoms with van der Waals surface area (Å²) in [5, 5.41) is 5.78. The van der Waals surface area contributed by atoms with E-state index >= 15 is 0 Å². The normalized spacial score (nSPS) is 11.5. The molecule has 1 amide bonds. The molecule has 0 fully saturated rings. The van der Waals surface area contributed by atoms with Crippen LogP contribution in [0.15, 0.2) is 54.6 Å². The number of hydrogen-bond acceptors (Lipinski definition) is 2. The van der Waals surface area contributed by atoms with Crippen LogP contribution in [-0.2, 0) is 0 Å². The van der Waals surface area contributed by atoms with E-state index in [2.05, 4.69) is 10.6 Å². The third-order valence-electron chi connectivity index (χ3n) is 3.26. The van der Waals surface area contributed by atoms with Crippen LogP contribution in [-0.4, -0.2) is 11.0 Å². The molecule has 0 spiro atoms. The lowest BCUT2D eigenvalue weighted by Crippen LogP contribution is -2.41. The lowest BCUT2D eigenvalue weighted by atomic mass is 10.1. The van der Waals surface area contributed by atoms with E-state index in [4.69, 9.17) is 12.2 Å². The van der Waals surface area contributed by atoms with E-state index in [1.54, 1.807) is 6.07 Å². The van der Waals surface area contributed by atoms with Gasteiger partial charge in [-0.3, -0.25) is 10.1 Å². The van der Waals surface area contributed by atoms with E-state index < -0.39 is 11.7 Å². The standard InChI is InChI=1S/C17H17FN2OS/c1-2-15(12-8-4-3-5-9-12)19-17(22)20-16(21)13-10-6-7-11-14(13)18/h3-11,15H,2H2,1H3,(H2,19,20,21,22). The van der Waals surface area contributed by atoms with Crippen LogP contribution in [0.5, 0.6) is 0 Å². The minimum atomic E-state index is -0.571. The zero-order valence-electron chi connectivity index (χ0n) is 12.2. The van der Waals surface area contributed by atoms with Crippen molar-refractivity contribution < 1.29 is 9.18 Å². The number of carbonyl (C=O) groups excluding carboxylic acids is 1. The van der Waals surface area contributed by atoms with E-state index in [0.29, 0.717) is 0 Å². The average Bonchev–Trinajstić information content (AvgIpc) is 2.53. The van der Waals surface area contributed by atoms with Crippen molar-refractivity contribution in [2.75, 3.05) is 0 Å². The van der Waals surface area contributed by atoms with Crippen LogP contribution in [0.2, 0.25) is 0 Å². The number of halogens is 1. The van der Waals surface area contributed by atoms with Gasteiger partial charge in [0.15, 0.2) is 5.11 Å². The van der Waals surface area contributed by atoms with Gasteiger partial charge in [-0.25, -0.2) is 4.39 Å². The fraction of sp³-hybridized carbons (Fsp3) is 0.176. The van der Waals surface area contributed by atoms with Crippen LogP contribution >= 0.6 is 12.2 Å². The van der Waals surface area contributed by atoms with E-state index in [1.165, 1.54) is 18.2 Å². The third-order valence-corrected chi connectivity index (χ3v) is 3.48. The summed E-state index contributed by atoms with van der Waals surface area (Å²) in [6.45, 7) is 2.02. The third kappa shape index (κ3) is 4.11. The second-order valence-electron chi connectivity index (χ2n) is 4.78. The molecule has 0 radical (unpaired) electrons. The Morgan fingerprint density at radius 1 is 1.14 bits per heavy atom. The lowest BCUT2D eigenvalue weighted by molar-refractivity contribution is 0.0972. The fourth-order valence-corrected chi connectivity index (χ4v) is 2.35. The van der Waals surface area contributed by atoms with Gasteiger partial charge in [0.25, 0.3) is 5.91 Å². The SMILES string of the molecule is CCC(NC(=S)NC(=O)c1ccccc1F)c1ccccc1. The molecule has 2 N–H and O–H groups in total. The van der Waals surface area contributed by atoms with Gasteiger partial charge in [0.1, 0.15) is 5.82 Å². The first-order valence-corrected chi connectivity index (χ1v) is 7.44. The van der Waals surface area contributed by atoms with Gasteiger partial charge < -0.3 is 5.32 Å². The molecule has 114 valence electrons. The highest BCUT2D eigenvalue weighted by Gasteiger charge is 2.15. The molecule has 2 aromatic rings. The number of carbonyl (C=O) groups is 1. The summed E-state index contributed by atoms with van der Waals surface area (Å²) in [6, 6.07) is 15.6. The number of hydrogen-bond donors (Lipinski definition) is 2. The van der Waals surface area contributed by atoms with Crippen molar-refractivity contribution in [2.24, 2.45) is 0 Å². The Balaban J connectivity index is 2.00. The topological polar surface area (TPSA) is 41.1 Å². The number of thiocarbonyl (C=S) groups is 1. The quantitative estimate of drug-likeness (QED) is 0.847. The Bertz CT molecular complexity index is 661. The van der Waals surface area contributed by atoms with E-state index in [1.807, 2.05) is 37.3 Å². The van der Waals surface area contributed by atoms with E-state index in [-0.39, 0.29) is 16.7 Å². The van der Waals surface area contributed by atoms with Crippen molar-refractivity contribution in [2.45, 2.75) is 19.4 Å². The highest BCUT2D eigenvalue weighted by Crippen LogP contribution is 2.15. The maximum Gasteiger partial charge on any atom is 0.260 e. The molecule has 0 aromatic heterocycles. The van der Waals surface area contributed by atoms with Gasteiger partial charge in [-0.05, 0) is 36.3 Å². The second kappa shape index (κ2) is 7.66. The van der Waals surface area contributed by atoms with Gasteiger partial charge in [0.2, 0.25) is 0 Å². The number of nitrogens with one attached hydrogen (secondary N) is 2. The summed E-state index contributed by atoms with van der Waals surface area (Å²) in [5.74, 6) is -1.13. The maximum atomic E-state index is 13.6. The molecule has 0 aliphatic heterocycles. The van der Waals surface area contributed by atoms with Crippen LogP contribution < -0.4 is 10.6 Å². The van der Waals surface area contributed by atoms with Crippen LogP contribution in [0.25, 0.3) is 0 Å². The summed E-state index contributed by atoms with van der Waals surface area (Å²) < 4.78 is 13.6. The summed E-state index contributed by atoms with van der Waals surface area (Å²) in [7, 11) is 0. The van der Waals surface area contributed by atoms with Crippen molar-refractivity contribution in [3.05, 3.63) is 71.5 Å². The van der Waals surface area contributed by atoms with Crippen molar-refractivity contribution >= 4 is 23.2 Å². The lowest BCUT2D eigenvalue weighted by Gasteiger charge is -2.19. The number of benzene rings is 2. The molecule has 3 nitrogen and oxygen atoms in total. The Labute approximate surface area is 134 Å². The minimum Gasteiger partial charge on any atom is -0.356 e. The van der Waals surface area contributed by atoms with Crippen LogP contribution in [0.1, 0.15) is 35.3 Å². The van der Waals surface area contributed by atoms with Gasteiger partial charge in [-0.15, -0.1) is 0 Å². The van der Waals surface area contributed by atoms with Gasteiger partial charge in [-0.2, -0.15) is 0 Å². The molecule has 22 heavy (non-hydrogen) atoms. The molecule has 0 bridgehead atoms. The first-order chi connectivity index (χ1) is 10.6. The van der Waals surface area contributed by atoms with Crippen molar-refractivity contribution in [3.8, 4) is 0 Å². The van der Waals surface area contributed by atoms with E-state index in [0.717, 1.165) is 12.0 Å². The largest absolute Gasteiger partial charge is 0.356 e. The van der Waals surface area contributed by atoms with E-state index in [9.17, 15) is 9.18 Å². The molecular weight excluding hydrogens is 299 g/mol. The molecule has 2 aromatic carbocycles. The predicted octanol–water partition coefficient (Wildman–Crippen LogP) is 3.58. The smallest absolute Gasteiger partial charge is 0.260 e. The average molecular weight is 316 g/mol. The molecular formula is C17H17FN2OS. The molecule has 1 unspecified atom stereocenters. The van der Waals surface area contributed by atoms with Crippen LogP contribution in [0.4, 0.5) is 4.39 Å². The van der Waals surface area contributed by atoms with Crippen molar-refractivity contribution in [1.29, 1.82) is 0 Å². The zero-order valence-corrected chi connectivity index (χ0v) is 13.0. The number of amides is 1. The molecule has 5 heteroatoms. The summed E-state index contributed by atoms with van der Waals surface area (Å²) in [4.78, 5) is 12.0. The summed E-state index contributed by atoms with van der Waals surface area (Å²) in [6.07, 6.45) is 0.805. The monoisotopic (exact) mass is 316 g/mol. The molecule has 0 saturated heterocycles. The summed E-state index contributed by atoms with van der Waals surface area (Å²) >= 11 is 5.15. The van der Waals surface area contributed by atoms with Gasteiger partial charge in [0.05, 0.1) is 11.6 Å². The Hall–Kier alpha value is -2.27. The first-order valence-electron chi connectivity index (χ1n) is 7.03. The summed E-state index contributed by atoms with van der Waals surface area (Å²) in [5.41, 5.74) is 1.05. The highest BCUT2D eigenvalue weighted by atomic mass is 32.1. The molecule has 0 saturated carbocycles. The Morgan fingerprint density at radius 2 is 1.77 bits per heavy atom. The van der Waals surface area contributed by atoms with Gasteiger partial charge in [0, 0.05) is 0 Å².